The number of hydrogen-bond donors (Lipinski definition) is 0. The molecule has 0 amide bonds. The highest BCUT2D eigenvalue weighted by Crippen LogP contribution is 2.37. The zero-order valence-electron chi connectivity index (χ0n) is 15.3. The summed E-state index contributed by atoms with van der Waals surface area (Å²) in [6.45, 7) is 0.124. The van der Waals surface area contributed by atoms with Gasteiger partial charge in [0.2, 0.25) is 34.8 Å². The van der Waals surface area contributed by atoms with E-state index in [9.17, 15) is 30.4 Å². The van der Waals surface area contributed by atoms with E-state index in [0.29, 0.717) is 5.56 Å². The number of fused-ring (bicyclic) bond motifs is 1. The van der Waals surface area contributed by atoms with Crippen molar-refractivity contribution in [2.24, 2.45) is 0 Å². The minimum Gasteiger partial charge on any atom is -0.489 e. The van der Waals surface area contributed by atoms with Gasteiger partial charge in [-0.15, -0.1) is 0 Å². The lowest BCUT2D eigenvalue weighted by Crippen LogP contribution is -2.15. The fourth-order valence-corrected chi connectivity index (χ4v) is 3.98. The van der Waals surface area contributed by atoms with Gasteiger partial charge in [0.05, 0.1) is 0 Å². The number of benzene rings is 3. The van der Waals surface area contributed by atoms with Crippen LogP contribution in [0.3, 0.4) is 0 Å². The summed E-state index contributed by atoms with van der Waals surface area (Å²) in [6, 6.07) is 12.7. The summed E-state index contributed by atoms with van der Waals surface area (Å²) in [5.74, 6) is -13.6. The van der Waals surface area contributed by atoms with Crippen LogP contribution in [0.4, 0.5) is 22.0 Å². The summed E-state index contributed by atoms with van der Waals surface area (Å²) in [7, 11) is -4.96. The van der Waals surface area contributed by atoms with Crippen LogP contribution in [0.1, 0.15) is 11.1 Å². The van der Waals surface area contributed by atoms with Gasteiger partial charge in [0, 0.05) is 11.6 Å². The Morgan fingerprint density at radius 3 is 2.06 bits per heavy atom. The van der Waals surface area contributed by atoms with Gasteiger partial charge in [-0.05, 0) is 29.3 Å². The summed E-state index contributed by atoms with van der Waals surface area (Å²) in [6.07, 6.45) is 1.79. The first kappa shape index (κ1) is 20.9. The second kappa shape index (κ2) is 7.69. The molecule has 0 saturated heterocycles. The smallest absolute Gasteiger partial charge is 0.339 e. The van der Waals surface area contributed by atoms with Crippen molar-refractivity contribution in [1.29, 1.82) is 0 Å². The van der Waals surface area contributed by atoms with Gasteiger partial charge in [0.15, 0.2) is 0 Å². The third-order valence-electron chi connectivity index (χ3n) is 4.51. The molecule has 0 atom stereocenters. The fourth-order valence-electron chi connectivity index (χ4n) is 3.03. The van der Waals surface area contributed by atoms with E-state index < -0.39 is 49.8 Å². The van der Waals surface area contributed by atoms with Gasteiger partial charge in [0.25, 0.3) is 0 Å². The van der Waals surface area contributed by atoms with Crippen LogP contribution >= 0.6 is 0 Å². The van der Waals surface area contributed by atoms with Crippen molar-refractivity contribution >= 4 is 15.7 Å². The van der Waals surface area contributed by atoms with E-state index in [2.05, 4.69) is 4.18 Å². The Hall–Kier alpha value is -3.40. The molecule has 1 heterocycles. The van der Waals surface area contributed by atoms with Crippen molar-refractivity contribution < 1.29 is 39.3 Å². The fraction of sp³-hybridized carbons (Fsp3) is 0.0476. The zero-order valence-corrected chi connectivity index (χ0v) is 16.2. The van der Waals surface area contributed by atoms with Crippen molar-refractivity contribution in [1.82, 2.24) is 0 Å². The largest absolute Gasteiger partial charge is 0.489 e. The maximum atomic E-state index is 13.8. The normalized spacial score (nSPS) is 13.3. The average Bonchev–Trinajstić information content (AvgIpc) is 2.79. The van der Waals surface area contributed by atoms with Crippen LogP contribution < -0.4 is 8.92 Å². The Morgan fingerprint density at radius 1 is 0.806 bits per heavy atom. The molecule has 1 aliphatic rings. The standard InChI is InChI=1S/C21H11F5O4S/c22-16-17(23)19(25)21(20(26)18(16)24)30-31(27,28)12-6-7-14-13(8-9-29-15(14)10-12)11-4-2-1-3-5-11/h1-8,10H,9H2. The second-order valence-electron chi connectivity index (χ2n) is 6.39. The first-order valence-electron chi connectivity index (χ1n) is 8.69. The van der Waals surface area contributed by atoms with Gasteiger partial charge in [-0.2, -0.15) is 17.2 Å². The molecule has 0 N–H and O–H groups in total. The van der Waals surface area contributed by atoms with E-state index in [1.807, 2.05) is 30.3 Å². The van der Waals surface area contributed by atoms with Gasteiger partial charge in [-0.25, -0.2) is 13.2 Å². The average molecular weight is 454 g/mol. The molecule has 0 bridgehead atoms. The lowest BCUT2D eigenvalue weighted by Gasteiger charge is -2.20. The summed E-state index contributed by atoms with van der Waals surface area (Å²) in [4.78, 5) is -0.593. The Morgan fingerprint density at radius 2 is 1.42 bits per heavy atom. The molecule has 1 aliphatic heterocycles. The molecule has 31 heavy (non-hydrogen) atoms. The summed E-state index contributed by atoms with van der Waals surface area (Å²) in [5, 5.41) is 0. The second-order valence-corrected chi connectivity index (χ2v) is 7.94. The maximum Gasteiger partial charge on any atom is 0.339 e. The molecule has 0 aliphatic carbocycles. The van der Waals surface area contributed by atoms with Crippen LogP contribution in [0.5, 0.6) is 11.5 Å². The number of ether oxygens (including phenoxy) is 1. The van der Waals surface area contributed by atoms with Gasteiger partial charge in [-0.3, -0.25) is 0 Å². The van der Waals surface area contributed by atoms with E-state index in [0.717, 1.165) is 23.3 Å². The number of halogens is 5. The van der Waals surface area contributed by atoms with E-state index >= 15 is 0 Å². The summed E-state index contributed by atoms with van der Waals surface area (Å²) in [5.41, 5.74) is 2.17. The molecule has 3 aromatic carbocycles. The van der Waals surface area contributed by atoms with Crippen molar-refractivity contribution in [2.75, 3.05) is 6.61 Å². The van der Waals surface area contributed by atoms with Crippen LogP contribution in [0.25, 0.3) is 5.57 Å². The molecule has 160 valence electrons. The van der Waals surface area contributed by atoms with Gasteiger partial charge in [-0.1, -0.05) is 30.3 Å². The molecule has 0 fully saturated rings. The van der Waals surface area contributed by atoms with Gasteiger partial charge in [0.1, 0.15) is 17.3 Å². The van der Waals surface area contributed by atoms with Gasteiger partial charge >= 0.3 is 10.1 Å². The van der Waals surface area contributed by atoms with Crippen molar-refractivity contribution in [3.05, 3.63) is 94.8 Å². The van der Waals surface area contributed by atoms with Crippen molar-refractivity contribution in [2.45, 2.75) is 4.90 Å². The minimum absolute atomic E-state index is 0.124. The topological polar surface area (TPSA) is 52.6 Å². The molecular formula is C21H11F5O4S. The van der Waals surface area contributed by atoms with Crippen molar-refractivity contribution in [3.8, 4) is 11.5 Å². The molecular weight excluding hydrogens is 443 g/mol. The predicted molar refractivity (Wildman–Crippen MR) is 99.5 cm³/mol. The van der Waals surface area contributed by atoms with Crippen LogP contribution in [-0.4, -0.2) is 15.0 Å². The first-order chi connectivity index (χ1) is 14.7. The summed E-state index contributed by atoms with van der Waals surface area (Å²) < 4.78 is 102. The molecule has 0 spiro atoms. The maximum absolute atomic E-state index is 13.8. The predicted octanol–water partition coefficient (Wildman–Crippen LogP) is 4.97. The number of hydrogen-bond acceptors (Lipinski definition) is 4. The van der Waals surface area contributed by atoms with E-state index in [1.54, 1.807) is 6.08 Å². The SMILES string of the molecule is O=S(=O)(Oc1c(F)c(F)c(F)c(F)c1F)c1ccc2c(c1)OCC=C2c1ccccc1. The highest BCUT2D eigenvalue weighted by Gasteiger charge is 2.31. The van der Waals surface area contributed by atoms with Crippen LogP contribution in [0, 0.1) is 29.1 Å². The minimum atomic E-state index is -4.96. The van der Waals surface area contributed by atoms with E-state index in [-0.39, 0.29) is 12.4 Å². The Kier molecular flexibility index (Phi) is 5.18. The van der Waals surface area contributed by atoms with E-state index in [1.165, 1.54) is 6.07 Å². The Bertz CT molecular complexity index is 1290. The third kappa shape index (κ3) is 3.63. The Balaban J connectivity index is 1.73. The zero-order chi connectivity index (χ0) is 22.3. The van der Waals surface area contributed by atoms with E-state index in [4.69, 9.17) is 4.74 Å². The lowest BCUT2D eigenvalue weighted by atomic mass is 9.96. The monoisotopic (exact) mass is 454 g/mol. The highest BCUT2D eigenvalue weighted by molar-refractivity contribution is 7.87. The Labute approximate surface area is 173 Å². The van der Waals surface area contributed by atoms with Crippen LogP contribution in [0.15, 0.2) is 59.5 Å². The molecule has 4 nitrogen and oxygen atoms in total. The van der Waals surface area contributed by atoms with Crippen LogP contribution in [0.2, 0.25) is 0 Å². The molecule has 0 aromatic heterocycles. The summed E-state index contributed by atoms with van der Waals surface area (Å²) >= 11 is 0. The molecule has 10 heteroatoms. The molecule has 0 radical (unpaired) electrons. The first-order valence-corrected chi connectivity index (χ1v) is 10.1. The molecule has 0 saturated carbocycles. The molecule has 3 aromatic rings. The number of rotatable bonds is 4. The van der Waals surface area contributed by atoms with Crippen molar-refractivity contribution in [3.63, 3.8) is 0 Å². The lowest BCUT2D eigenvalue weighted by molar-refractivity contribution is 0.346. The molecule has 4 rings (SSSR count). The third-order valence-corrected chi connectivity index (χ3v) is 5.72. The quantitative estimate of drug-likeness (QED) is 0.242. The van der Waals surface area contributed by atoms with Gasteiger partial charge < -0.3 is 8.92 Å². The highest BCUT2D eigenvalue weighted by atomic mass is 32.2. The van der Waals surface area contributed by atoms with Crippen LogP contribution in [-0.2, 0) is 10.1 Å². The molecule has 0 unspecified atom stereocenters.